The predicted octanol–water partition coefficient (Wildman–Crippen LogP) is 19.7. The first-order valence-electron chi connectivity index (χ1n) is 29.1. The number of benzene rings is 10. The molecule has 4 heterocycles. The van der Waals surface area contributed by atoms with Gasteiger partial charge in [0.05, 0.1) is 28.1 Å². The number of hydrogen-bond acceptors (Lipinski definition) is 5. The number of rotatable bonds is 13. The van der Waals surface area contributed by atoms with Crippen molar-refractivity contribution in [3.63, 3.8) is 0 Å². The summed E-state index contributed by atoms with van der Waals surface area (Å²) in [7, 11) is 0. The number of aliphatic hydroxyl groups is 1. The van der Waals surface area contributed by atoms with E-state index in [4.69, 9.17) is 14.4 Å². The second-order valence-corrected chi connectivity index (χ2v) is 22.3. The Morgan fingerprint density at radius 2 is 1.08 bits per heavy atom. The molecule has 14 rings (SSSR count). The van der Waals surface area contributed by atoms with Crippen LogP contribution in [-0.2, 0) is 32.1 Å². The number of fused-ring (bicyclic) bond motifs is 4. The molecule has 0 saturated heterocycles. The molecule has 0 spiro atoms. The van der Waals surface area contributed by atoms with E-state index in [1.54, 1.807) is 12.4 Å². The molecular weight excluding hydrogens is 1230 g/mol. The maximum atomic E-state index is 13.4. The van der Waals surface area contributed by atoms with Crippen LogP contribution in [0.3, 0.4) is 0 Å². The van der Waals surface area contributed by atoms with Gasteiger partial charge >= 0.3 is 0 Å². The average Bonchev–Trinajstić information content (AvgIpc) is 1.71. The zero-order valence-electron chi connectivity index (χ0n) is 48.3. The van der Waals surface area contributed by atoms with E-state index < -0.39 is 5.60 Å². The standard InChI is InChI=1S/C68H54N3O2.C11H8N.Ir/c1-44(2)56-41-53(51-32-30-49(31-33-51)47-19-8-5-9-20-47)42-57(45(3)4)65(56)71-61-27-15-14-26-60(61)70-67(71)59-40-46(39-58-64-55(52-23-12-7-13-24-52)25-18-28-62(64)73-66(58)59)43-68(72,63-29-16-17-38-69-63)54-36-34-50(35-37-54)48-21-10-6-11-22-48;1-2-6-10(7-3-1)11-8-4-5-9-12-11;/h5-39,41-42,44-45,72H,43H2,1-4H3;1-6,8-9H;/q2*-1;. The molecule has 0 fully saturated rings. The summed E-state index contributed by atoms with van der Waals surface area (Å²) in [5.41, 5.74) is 19.1. The summed E-state index contributed by atoms with van der Waals surface area (Å²) in [4.78, 5) is 14.6. The Kier molecular flexibility index (Phi) is 16.5. The van der Waals surface area contributed by atoms with Crippen molar-refractivity contribution in [1.29, 1.82) is 0 Å². The molecule has 86 heavy (non-hydrogen) atoms. The average molecular weight is 1290 g/mol. The topological polar surface area (TPSA) is 77.0 Å². The molecular formula is C79H62IrN4O2-2. The van der Waals surface area contributed by atoms with Gasteiger partial charge in [-0.25, -0.2) is 0 Å². The van der Waals surface area contributed by atoms with Gasteiger partial charge < -0.3 is 19.1 Å². The monoisotopic (exact) mass is 1290 g/mol. The van der Waals surface area contributed by atoms with Gasteiger partial charge in [0.1, 0.15) is 11.2 Å². The minimum Gasteiger partial charge on any atom is -0.501 e. The van der Waals surface area contributed by atoms with Crippen molar-refractivity contribution in [1.82, 2.24) is 19.5 Å². The SMILES string of the molecule is CC(C)c1cc(-c2ccc(-c3ccccc3)cc2)cc(C(C)C)c1-n1c(-c2[c-]c(CC(O)(c3ccc(-c4ccccc4)cc3)c3ccccn3)cc3c2oc2cccc(-c4ccccc4)c23)nc2ccccc21.[Ir].[c-]1ccccc1-c1ccccn1. The van der Waals surface area contributed by atoms with Crippen LogP contribution in [-0.4, -0.2) is 24.6 Å². The number of para-hydroxylation sites is 2. The molecule has 10 aromatic carbocycles. The largest absolute Gasteiger partial charge is 0.501 e. The zero-order valence-corrected chi connectivity index (χ0v) is 50.7. The van der Waals surface area contributed by atoms with Gasteiger partial charge in [0.25, 0.3) is 0 Å². The van der Waals surface area contributed by atoms with Crippen molar-refractivity contribution >= 4 is 33.0 Å². The summed E-state index contributed by atoms with van der Waals surface area (Å²) in [5.74, 6) is 1.02. The minimum absolute atomic E-state index is 0. The number of imidazole rings is 1. The van der Waals surface area contributed by atoms with Gasteiger partial charge in [-0.3, -0.25) is 9.97 Å². The van der Waals surface area contributed by atoms with Gasteiger partial charge in [-0.2, -0.15) is 0 Å². The van der Waals surface area contributed by atoms with Gasteiger partial charge in [0.2, 0.25) is 0 Å². The molecule has 14 aromatic rings. The van der Waals surface area contributed by atoms with Gasteiger partial charge in [-0.1, -0.05) is 221 Å². The van der Waals surface area contributed by atoms with Crippen LogP contribution in [0, 0.1) is 12.1 Å². The van der Waals surface area contributed by atoms with E-state index in [1.807, 2.05) is 103 Å². The normalized spacial score (nSPS) is 12.0. The van der Waals surface area contributed by atoms with Gasteiger partial charge in [0.15, 0.2) is 0 Å². The Labute approximate surface area is 516 Å². The molecule has 6 nitrogen and oxygen atoms in total. The molecule has 1 atom stereocenters. The Morgan fingerprint density at radius 3 is 1.67 bits per heavy atom. The first-order chi connectivity index (χ1) is 41.7. The van der Waals surface area contributed by atoms with E-state index in [0.717, 1.165) is 77.7 Å². The zero-order chi connectivity index (χ0) is 57.9. The van der Waals surface area contributed by atoms with E-state index in [1.165, 1.54) is 33.4 Å². The summed E-state index contributed by atoms with van der Waals surface area (Å²) in [5, 5.41) is 15.3. The van der Waals surface area contributed by atoms with E-state index >= 15 is 0 Å². The van der Waals surface area contributed by atoms with E-state index in [2.05, 4.69) is 207 Å². The summed E-state index contributed by atoms with van der Waals surface area (Å²) in [6.07, 6.45) is 3.71. The number of nitrogens with zero attached hydrogens (tertiary/aromatic N) is 4. The third-order valence-electron chi connectivity index (χ3n) is 16.1. The number of pyridine rings is 2. The quantitative estimate of drug-likeness (QED) is 0.116. The molecule has 1 N–H and O–H groups in total. The van der Waals surface area contributed by atoms with Crippen LogP contribution in [0.15, 0.2) is 278 Å². The van der Waals surface area contributed by atoms with E-state index in [0.29, 0.717) is 22.7 Å². The Balaban J connectivity index is 0.000000495. The van der Waals surface area contributed by atoms with Crippen LogP contribution in [0.1, 0.15) is 67.5 Å². The van der Waals surface area contributed by atoms with Crippen LogP contribution in [0.2, 0.25) is 0 Å². The fraction of sp³-hybridized carbons (Fsp3) is 0.101. The van der Waals surface area contributed by atoms with Gasteiger partial charge in [-0.15, -0.1) is 53.6 Å². The molecule has 4 aromatic heterocycles. The van der Waals surface area contributed by atoms with Crippen molar-refractivity contribution in [2.24, 2.45) is 0 Å². The molecule has 421 valence electrons. The molecule has 0 aliphatic heterocycles. The first-order valence-corrected chi connectivity index (χ1v) is 29.1. The molecule has 0 aliphatic rings. The summed E-state index contributed by atoms with van der Waals surface area (Å²) < 4.78 is 9.47. The van der Waals surface area contributed by atoms with Gasteiger partial charge in [-0.05, 0) is 134 Å². The van der Waals surface area contributed by atoms with E-state index in [-0.39, 0.29) is 38.4 Å². The molecule has 0 amide bonds. The number of furan rings is 1. The molecule has 0 saturated carbocycles. The van der Waals surface area contributed by atoms with Crippen molar-refractivity contribution in [3.8, 4) is 72.8 Å². The van der Waals surface area contributed by atoms with Crippen LogP contribution in [0.5, 0.6) is 0 Å². The van der Waals surface area contributed by atoms with Crippen LogP contribution < -0.4 is 0 Å². The van der Waals surface area contributed by atoms with Crippen LogP contribution in [0.25, 0.3) is 106 Å². The number of hydrogen-bond donors (Lipinski definition) is 1. The smallest absolute Gasteiger partial charge is 0.134 e. The summed E-state index contributed by atoms with van der Waals surface area (Å²) >= 11 is 0. The fourth-order valence-electron chi connectivity index (χ4n) is 11.8. The predicted molar refractivity (Wildman–Crippen MR) is 348 cm³/mol. The second kappa shape index (κ2) is 24.9. The maximum absolute atomic E-state index is 13.4. The van der Waals surface area contributed by atoms with Crippen molar-refractivity contribution in [2.75, 3.05) is 0 Å². The minimum atomic E-state index is -1.54. The van der Waals surface area contributed by atoms with Crippen LogP contribution in [0.4, 0.5) is 0 Å². The van der Waals surface area contributed by atoms with Crippen LogP contribution >= 0.6 is 0 Å². The Hall–Kier alpha value is -9.62. The molecule has 0 bridgehead atoms. The molecule has 7 heteroatoms. The first kappa shape index (κ1) is 56.8. The Morgan fingerprint density at radius 1 is 0.523 bits per heavy atom. The molecule has 0 aliphatic carbocycles. The maximum Gasteiger partial charge on any atom is 0.134 e. The van der Waals surface area contributed by atoms with Crippen molar-refractivity contribution in [3.05, 3.63) is 313 Å². The fourth-order valence-corrected chi connectivity index (χ4v) is 11.8. The van der Waals surface area contributed by atoms with Crippen molar-refractivity contribution < 1.29 is 29.6 Å². The molecule has 1 radical (unpaired) electrons. The van der Waals surface area contributed by atoms with Gasteiger partial charge in [0, 0.05) is 43.6 Å². The third kappa shape index (κ3) is 11.3. The second-order valence-electron chi connectivity index (χ2n) is 22.3. The van der Waals surface area contributed by atoms with Crippen molar-refractivity contribution in [2.45, 2.75) is 51.6 Å². The molecule has 1 unspecified atom stereocenters. The summed E-state index contributed by atoms with van der Waals surface area (Å²) in [6, 6.07) is 96.6. The van der Waals surface area contributed by atoms with E-state index in [9.17, 15) is 5.11 Å². The number of aromatic nitrogens is 4. The Bertz CT molecular complexity index is 4520. The summed E-state index contributed by atoms with van der Waals surface area (Å²) in [6.45, 7) is 9.13. The third-order valence-corrected chi connectivity index (χ3v) is 16.1.